The van der Waals surface area contributed by atoms with Crippen LogP contribution in [0.25, 0.3) is 6.08 Å². The largest absolute Gasteiger partial charge is 0.508 e. The van der Waals surface area contributed by atoms with Crippen LogP contribution in [0.5, 0.6) is 11.5 Å². The lowest BCUT2D eigenvalue weighted by molar-refractivity contribution is 0.112. The molecule has 0 radical (unpaired) electrons. The van der Waals surface area contributed by atoms with Crippen LogP contribution >= 0.6 is 0 Å². The molecule has 0 amide bonds. The van der Waals surface area contributed by atoms with Gasteiger partial charge in [0.15, 0.2) is 0 Å². The molecule has 3 heteroatoms. The standard InChI is InChI=1S/C16H24O.C7H6O2.2CH4/c1-8-11-9-14(17)13(16(5,6)7)10-12(11)15(2,3)4;8-5-6-2-1-3-7(9)4-6;;/h8-10,17H,1H2,2-7H3;1-5,9H;2*1H4. The third-order valence-electron chi connectivity index (χ3n) is 4.01. The number of phenols is 2. The molecule has 0 aromatic heterocycles. The number of benzene rings is 2. The topological polar surface area (TPSA) is 57.5 Å². The molecule has 0 atom stereocenters. The minimum Gasteiger partial charge on any atom is -0.508 e. The minimum absolute atomic E-state index is 0. The van der Waals surface area contributed by atoms with Gasteiger partial charge >= 0.3 is 0 Å². The molecule has 0 spiro atoms. The number of aldehydes is 1. The monoisotopic (exact) mass is 386 g/mol. The summed E-state index contributed by atoms with van der Waals surface area (Å²) >= 11 is 0. The zero-order valence-electron chi connectivity index (χ0n) is 16.6. The molecular formula is C25H38O3. The van der Waals surface area contributed by atoms with Gasteiger partial charge in [-0.05, 0) is 45.7 Å². The van der Waals surface area contributed by atoms with Gasteiger partial charge in [-0.15, -0.1) is 0 Å². The molecule has 2 N–H and O–H groups in total. The molecule has 0 saturated carbocycles. The zero-order valence-corrected chi connectivity index (χ0v) is 16.6. The van der Waals surface area contributed by atoms with Gasteiger partial charge in [-0.3, -0.25) is 4.79 Å². The Morgan fingerprint density at radius 2 is 1.39 bits per heavy atom. The Morgan fingerprint density at radius 1 is 0.857 bits per heavy atom. The van der Waals surface area contributed by atoms with Crippen LogP contribution in [-0.4, -0.2) is 16.5 Å². The van der Waals surface area contributed by atoms with Gasteiger partial charge in [0.1, 0.15) is 17.8 Å². The van der Waals surface area contributed by atoms with Gasteiger partial charge in [0, 0.05) is 5.56 Å². The van der Waals surface area contributed by atoms with Gasteiger partial charge < -0.3 is 10.2 Å². The molecule has 28 heavy (non-hydrogen) atoms. The summed E-state index contributed by atoms with van der Waals surface area (Å²) < 4.78 is 0. The second-order valence-corrected chi connectivity index (χ2v) is 8.37. The van der Waals surface area contributed by atoms with Crippen molar-refractivity contribution in [3.8, 4) is 11.5 Å². The van der Waals surface area contributed by atoms with Crippen molar-refractivity contribution in [2.75, 3.05) is 0 Å². The SMILES string of the molecule is C.C.C=Cc1cc(O)c(C(C)(C)C)cc1C(C)(C)C.O=Cc1cccc(O)c1. The highest BCUT2D eigenvalue weighted by atomic mass is 16.3. The third-order valence-corrected chi connectivity index (χ3v) is 4.01. The summed E-state index contributed by atoms with van der Waals surface area (Å²) in [4.78, 5) is 10.0. The Bertz CT molecular complexity index is 775. The van der Waals surface area contributed by atoms with Crippen molar-refractivity contribution in [2.45, 2.75) is 67.2 Å². The van der Waals surface area contributed by atoms with Gasteiger partial charge in [0.05, 0.1) is 0 Å². The van der Waals surface area contributed by atoms with E-state index in [0.29, 0.717) is 17.6 Å². The van der Waals surface area contributed by atoms with Crippen molar-refractivity contribution in [1.29, 1.82) is 0 Å². The van der Waals surface area contributed by atoms with Crippen molar-refractivity contribution in [2.24, 2.45) is 0 Å². The molecule has 0 aliphatic rings. The van der Waals surface area contributed by atoms with Crippen molar-refractivity contribution in [1.82, 2.24) is 0 Å². The number of hydrogen-bond acceptors (Lipinski definition) is 3. The number of hydrogen-bond donors (Lipinski definition) is 2. The Balaban J connectivity index is 0. The maximum atomic E-state index is 10.1. The lowest BCUT2D eigenvalue weighted by Crippen LogP contribution is -2.17. The van der Waals surface area contributed by atoms with Crippen LogP contribution in [0.2, 0.25) is 0 Å². The van der Waals surface area contributed by atoms with E-state index in [1.165, 1.54) is 17.7 Å². The fourth-order valence-corrected chi connectivity index (χ4v) is 2.62. The molecule has 0 saturated heterocycles. The molecule has 0 fully saturated rings. The lowest BCUT2D eigenvalue weighted by atomic mass is 9.78. The molecule has 0 aliphatic heterocycles. The molecule has 3 nitrogen and oxygen atoms in total. The van der Waals surface area contributed by atoms with E-state index in [1.807, 2.05) is 12.1 Å². The molecule has 156 valence electrons. The number of phenolic OH excluding ortho intramolecular Hbond substituents is 2. The van der Waals surface area contributed by atoms with Crippen molar-refractivity contribution < 1.29 is 15.0 Å². The quantitative estimate of drug-likeness (QED) is 0.541. The van der Waals surface area contributed by atoms with Crippen molar-refractivity contribution >= 4 is 12.4 Å². The van der Waals surface area contributed by atoms with Gasteiger partial charge in [0.25, 0.3) is 0 Å². The molecule has 0 bridgehead atoms. The average Bonchev–Trinajstić information content (AvgIpc) is 2.52. The van der Waals surface area contributed by atoms with Gasteiger partial charge in [-0.25, -0.2) is 0 Å². The van der Waals surface area contributed by atoms with Gasteiger partial charge in [0.2, 0.25) is 0 Å². The second-order valence-electron chi connectivity index (χ2n) is 8.37. The van der Waals surface area contributed by atoms with E-state index < -0.39 is 0 Å². The van der Waals surface area contributed by atoms with Crippen LogP contribution in [0.3, 0.4) is 0 Å². The Morgan fingerprint density at radius 3 is 1.75 bits per heavy atom. The van der Waals surface area contributed by atoms with Crippen LogP contribution in [0.15, 0.2) is 43.0 Å². The lowest BCUT2D eigenvalue weighted by Gasteiger charge is -2.27. The second kappa shape index (κ2) is 10.7. The molecule has 0 unspecified atom stereocenters. The van der Waals surface area contributed by atoms with Gasteiger partial charge in [-0.1, -0.05) is 87.2 Å². The van der Waals surface area contributed by atoms with E-state index >= 15 is 0 Å². The summed E-state index contributed by atoms with van der Waals surface area (Å²) in [5.74, 6) is 0.486. The van der Waals surface area contributed by atoms with Gasteiger partial charge in [-0.2, -0.15) is 0 Å². The van der Waals surface area contributed by atoms with Crippen LogP contribution in [0, 0.1) is 0 Å². The normalized spacial score (nSPS) is 10.5. The predicted octanol–water partition coefficient (Wildman–Crippen LogP) is 7.11. The number of rotatable bonds is 2. The molecule has 0 heterocycles. The molecule has 0 aliphatic carbocycles. The highest BCUT2D eigenvalue weighted by Crippen LogP contribution is 2.37. The molecular weight excluding hydrogens is 348 g/mol. The summed E-state index contributed by atoms with van der Waals surface area (Å²) in [5, 5.41) is 18.9. The highest BCUT2D eigenvalue weighted by molar-refractivity contribution is 5.75. The first-order valence-electron chi connectivity index (χ1n) is 8.64. The van der Waals surface area contributed by atoms with Crippen LogP contribution in [0.1, 0.15) is 83.4 Å². The number of carbonyl (C=O) groups excluding carboxylic acids is 1. The maximum absolute atomic E-state index is 10.1. The van der Waals surface area contributed by atoms with E-state index in [4.69, 9.17) is 5.11 Å². The average molecular weight is 387 g/mol. The van der Waals surface area contributed by atoms with E-state index in [1.54, 1.807) is 12.1 Å². The molecule has 2 rings (SSSR count). The Labute approximate surface area is 171 Å². The van der Waals surface area contributed by atoms with Crippen LogP contribution in [-0.2, 0) is 10.8 Å². The van der Waals surface area contributed by atoms with E-state index in [-0.39, 0.29) is 31.4 Å². The summed E-state index contributed by atoms with van der Waals surface area (Å²) in [6, 6.07) is 10.1. The Hall–Kier alpha value is -2.55. The van der Waals surface area contributed by atoms with Crippen molar-refractivity contribution in [3.05, 3.63) is 65.2 Å². The third kappa shape index (κ3) is 7.59. The summed E-state index contributed by atoms with van der Waals surface area (Å²) in [5.41, 5.74) is 3.74. The first kappa shape index (κ1) is 27.7. The zero-order chi connectivity index (χ0) is 20.1. The summed E-state index contributed by atoms with van der Waals surface area (Å²) in [6.45, 7) is 16.7. The van der Waals surface area contributed by atoms with Crippen LogP contribution in [0.4, 0.5) is 0 Å². The fourth-order valence-electron chi connectivity index (χ4n) is 2.62. The van der Waals surface area contributed by atoms with E-state index in [0.717, 1.165) is 11.1 Å². The molecule has 2 aromatic carbocycles. The number of carbonyl (C=O) groups is 1. The smallest absolute Gasteiger partial charge is 0.150 e. The Kier molecular flexibility index (Phi) is 10.6. The maximum Gasteiger partial charge on any atom is 0.150 e. The number of aromatic hydroxyl groups is 2. The van der Waals surface area contributed by atoms with Crippen LogP contribution < -0.4 is 0 Å². The summed E-state index contributed by atoms with van der Waals surface area (Å²) in [6.07, 6.45) is 2.51. The predicted molar refractivity (Wildman–Crippen MR) is 123 cm³/mol. The van der Waals surface area contributed by atoms with E-state index in [2.05, 4.69) is 54.2 Å². The fraction of sp³-hybridized carbons (Fsp3) is 0.400. The van der Waals surface area contributed by atoms with E-state index in [9.17, 15) is 9.90 Å². The van der Waals surface area contributed by atoms with Crippen molar-refractivity contribution in [3.63, 3.8) is 0 Å². The first-order chi connectivity index (χ1) is 11.9. The first-order valence-corrected chi connectivity index (χ1v) is 8.64. The minimum atomic E-state index is -0.0518. The summed E-state index contributed by atoms with van der Waals surface area (Å²) in [7, 11) is 0. The highest BCUT2D eigenvalue weighted by Gasteiger charge is 2.24. The molecule has 2 aromatic rings.